The fourth-order valence-corrected chi connectivity index (χ4v) is 0.310. The van der Waals surface area contributed by atoms with E-state index in [2.05, 4.69) is 16.6 Å². The third kappa shape index (κ3) is 7.08. The van der Waals surface area contributed by atoms with Crippen molar-refractivity contribution in [3.05, 3.63) is 12.8 Å². The highest BCUT2D eigenvalue weighted by atomic mass is 14.8. The second-order valence-electron chi connectivity index (χ2n) is 1.87. The molecule has 0 saturated carbocycles. The molecular formula is C7H12N2. The second kappa shape index (κ2) is 5.22. The summed E-state index contributed by atoms with van der Waals surface area (Å²) in [6.07, 6.45) is 4.77. The lowest BCUT2D eigenvalue weighted by Crippen LogP contribution is -1.88. The Hall–Kier alpha value is -0.920. The van der Waals surface area contributed by atoms with Crippen LogP contribution < -0.4 is 0 Å². The molecule has 0 atom stereocenters. The highest BCUT2D eigenvalue weighted by molar-refractivity contribution is 6.16. The van der Waals surface area contributed by atoms with Crippen molar-refractivity contribution in [3.8, 4) is 0 Å². The molecule has 0 saturated heterocycles. The number of hydrogen-bond acceptors (Lipinski definition) is 2. The molecule has 0 spiro atoms. The van der Waals surface area contributed by atoms with Gasteiger partial charge in [0.05, 0.1) is 0 Å². The molecule has 0 aromatic heterocycles. The molecule has 0 aliphatic heterocycles. The van der Waals surface area contributed by atoms with Crippen molar-refractivity contribution in [1.82, 2.24) is 0 Å². The summed E-state index contributed by atoms with van der Waals surface area (Å²) in [7, 11) is 0. The predicted molar refractivity (Wildman–Crippen MR) is 42.3 cm³/mol. The first-order chi connectivity index (χ1) is 4.27. The molecule has 2 heteroatoms. The third-order valence-corrected chi connectivity index (χ3v) is 0.642. The minimum Gasteiger partial charge on any atom is -0.289 e. The minimum absolute atomic E-state index is 0.348. The molecule has 0 heterocycles. The van der Waals surface area contributed by atoms with Crippen LogP contribution in [0.25, 0.3) is 0 Å². The Kier molecular flexibility index (Phi) is 4.69. The molecule has 0 aliphatic carbocycles. The molecule has 0 aromatic rings. The fraction of sp³-hybridized carbons (Fsp3) is 0.429. The molecule has 9 heavy (non-hydrogen) atoms. The van der Waals surface area contributed by atoms with Crippen molar-refractivity contribution in [2.45, 2.75) is 19.9 Å². The first-order valence-corrected chi connectivity index (χ1v) is 2.93. The lowest BCUT2D eigenvalue weighted by molar-refractivity contribution is 0.843. The van der Waals surface area contributed by atoms with Crippen molar-refractivity contribution in [2.24, 2.45) is 9.98 Å². The lowest BCUT2D eigenvalue weighted by Gasteiger charge is -1.88. The molecule has 0 aromatic carbocycles. The maximum atomic E-state index is 4.04. The summed E-state index contributed by atoms with van der Waals surface area (Å²) in [5, 5.41) is 0. The van der Waals surface area contributed by atoms with E-state index in [1.165, 1.54) is 6.20 Å². The Morgan fingerprint density at radius 2 is 2.00 bits per heavy atom. The van der Waals surface area contributed by atoms with E-state index in [4.69, 9.17) is 0 Å². The van der Waals surface area contributed by atoms with E-state index in [9.17, 15) is 0 Å². The van der Waals surface area contributed by atoms with Gasteiger partial charge in [0.25, 0.3) is 0 Å². The summed E-state index contributed by atoms with van der Waals surface area (Å²) in [5.41, 5.74) is 0. The van der Waals surface area contributed by atoms with Crippen LogP contribution in [0, 0.1) is 0 Å². The van der Waals surface area contributed by atoms with Crippen LogP contribution in [-0.2, 0) is 0 Å². The van der Waals surface area contributed by atoms with Gasteiger partial charge in [0.2, 0.25) is 0 Å². The van der Waals surface area contributed by atoms with Crippen LogP contribution in [0.15, 0.2) is 22.8 Å². The molecule has 0 unspecified atom stereocenters. The Balaban J connectivity index is 3.46. The van der Waals surface area contributed by atoms with Gasteiger partial charge in [-0.1, -0.05) is 6.58 Å². The van der Waals surface area contributed by atoms with E-state index in [0.29, 0.717) is 6.04 Å². The Morgan fingerprint density at radius 3 is 2.44 bits per heavy atom. The zero-order valence-corrected chi connectivity index (χ0v) is 5.91. The van der Waals surface area contributed by atoms with Gasteiger partial charge in [0.1, 0.15) is 0 Å². The zero-order valence-electron chi connectivity index (χ0n) is 5.91. The number of aliphatic imine (C=N–C) groups is 2. The third-order valence-electron chi connectivity index (χ3n) is 0.642. The van der Waals surface area contributed by atoms with Crippen LogP contribution in [-0.4, -0.2) is 18.5 Å². The van der Waals surface area contributed by atoms with Crippen molar-refractivity contribution in [2.75, 3.05) is 0 Å². The van der Waals surface area contributed by atoms with E-state index < -0.39 is 0 Å². The van der Waals surface area contributed by atoms with Crippen molar-refractivity contribution in [3.63, 3.8) is 0 Å². The number of hydrogen-bond donors (Lipinski definition) is 0. The standard InChI is InChI=1S/C7H12N2/c1-4-8-5-6-9-7(2)3/h4-7H,1H2,2-3H3. The van der Waals surface area contributed by atoms with Gasteiger partial charge in [-0.05, 0) is 13.8 Å². The van der Waals surface area contributed by atoms with Gasteiger partial charge in [-0.2, -0.15) is 0 Å². The average molecular weight is 124 g/mol. The highest BCUT2D eigenvalue weighted by Gasteiger charge is 1.78. The predicted octanol–water partition coefficient (Wildman–Crippen LogP) is 1.68. The molecule has 2 nitrogen and oxygen atoms in total. The van der Waals surface area contributed by atoms with Gasteiger partial charge < -0.3 is 0 Å². The maximum Gasteiger partial charge on any atom is 0.0446 e. The van der Waals surface area contributed by atoms with E-state index in [1.807, 2.05) is 13.8 Å². The summed E-state index contributed by atoms with van der Waals surface area (Å²) in [5.74, 6) is 0. The minimum atomic E-state index is 0.348. The van der Waals surface area contributed by atoms with Crippen LogP contribution in [0.4, 0.5) is 0 Å². The molecule has 0 fully saturated rings. The Labute approximate surface area is 56.0 Å². The van der Waals surface area contributed by atoms with Gasteiger partial charge >= 0.3 is 0 Å². The highest BCUT2D eigenvalue weighted by Crippen LogP contribution is 1.80. The van der Waals surface area contributed by atoms with Crippen molar-refractivity contribution < 1.29 is 0 Å². The first-order valence-electron chi connectivity index (χ1n) is 2.93. The molecule has 0 amide bonds. The molecular weight excluding hydrogens is 112 g/mol. The summed E-state index contributed by atoms with van der Waals surface area (Å²) < 4.78 is 0. The van der Waals surface area contributed by atoms with Gasteiger partial charge in [0.15, 0.2) is 0 Å². The lowest BCUT2D eigenvalue weighted by atomic mass is 10.4. The fourth-order valence-electron chi connectivity index (χ4n) is 0.310. The smallest absolute Gasteiger partial charge is 0.0446 e. The average Bonchev–Trinajstić information content (AvgIpc) is 1.80. The molecule has 0 aliphatic rings. The zero-order chi connectivity index (χ0) is 7.11. The largest absolute Gasteiger partial charge is 0.289 e. The quantitative estimate of drug-likeness (QED) is 0.511. The van der Waals surface area contributed by atoms with Crippen molar-refractivity contribution >= 4 is 12.4 Å². The Bertz CT molecular complexity index is 123. The van der Waals surface area contributed by atoms with E-state index in [1.54, 1.807) is 12.4 Å². The summed E-state index contributed by atoms with van der Waals surface area (Å²) in [6.45, 7) is 7.44. The van der Waals surface area contributed by atoms with Gasteiger partial charge in [-0.15, -0.1) is 0 Å². The molecule has 0 bridgehead atoms. The van der Waals surface area contributed by atoms with Crippen LogP contribution in [0.2, 0.25) is 0 Å². The molecule has 50 valence electrons. The van der Waals surface area contributed by atoms with Gasteiger partial charge in [-0.25, -0.2) is 0 Å². The van der Waals surface area contributed by atoms with E-state index in [0.717, 1.165) is 0 Å². The Morgan fingerprint density at radius 1 is 1.33 bits per heavy atom. The summed E-state index contributed by atoms with van der Waals surface area (Å²) >= 11 is 0. The van der Waals surface area contributed by atoms with Crippen LogP contribution in [0.3, 0.4) is 0 Å². The summed E-state index contributed by atoms with van der Waals surface area (Å²) in [4.78, 5) is 7.77. The number of rotatable bonds is 3. The monoisotopic (exact) mass is 124 g/mol. The summed E-state index contributed by atoms with van der Waals surface area (Å²) in [6, 6.07) is 0.348. The topological polar surface area (TPSA) is 24.7 Å². The molecule has 0 N–H and O–H groups in total. The van der Waals surface area contributed by atoms with Crippen LogP contribution in [0.5, 0.6) is 0 Å². The maximum absolute atomic E-state index is 4.04. The molecule has 0 radical (unpaired) electrons. The number of nitrogens with zero attached hydrogens (tertiary/aromatic N) is 2. The second-order valence-corrected chi connectivity index (χ2v) is 1.87. The molecule has 0 rings (SSSR count). The van der Waals surface area contributed by atoms with Gasteiger partial charge in [0, 0.05) is 24.7 Å². The normalized spacial score (nSPS) is 11.9. The van der Waals surface area contributed by atoms with Crippen LogP contribution in [0.1, 0.15) is 13.8 Å². The van der Waals surface area contributed by atoms with E-state index >= 15 is 0 Å². The van der Waals surface area contributed by atoms with Crippen molar-refractivity contribution in [1.29, 1.82) is 0 Å². The van der Waals surface area contributed by atoms with Crippen LogP contribution >= 0.6 is 0 Å². The first kappa shape index (κ1) is 8.08. The SMILES string of the molecule is C=CN=CC=NC(C)C. The van der Waals surface area contributed by atoms with Gasteiger partial charge in [-0.3, -0.25) is 9.98 Å². The van der Waals surface area contributed by atoms with E-state index in [-0.39, 0.29) is 0 Å².